The van der Waals surface area contributed by atoms with Gasteiger partial charge >= 0.3 is 5.97 Å². The minimum atomic E-state index is -1.20. The normalized spacial score (nSPS) is 21.2. The minimum Gasteiger partial charge on any atom is -0.481 e. The molecule has 19 heavy (non-hydrogen) atoms. The van der Waals surface area contributed by atoms with Gasteiger partial charge in [-0.2, -0.15) is 0 Å². The molecule has 5 nitrogen and oxygen atoms in total. The van der Waals surface area contributed by atoms with E-state index in [2.05, 4.69) is 0 Å². The van der Waals surface area contributed by atoms with E-state index in [0.29, 0.717) is 0 Å². The first-order valence-corrected chi connectivity index (χ1v) is 7.73. The third-order valence-corrected chi connectivity index (χ3v) is 4.77. The highest BCUT2D eigenvalue weighted by Crippen LogP contribution is 2.27. The molecule has 0 bridgehead atoms. The second kappa shape index (κ2) is 8.61. The molecule has 0 saturated carbocycles. The number of carboxylic acid groups (broad SMARTS) is 1. The van der Waals surface area contributed by atoms with Gasteiger partial charge in [-0.3, -0.25) is 4.79 Å². The summed E-state index contributed by atoms with van der Waals surface area (Å²) in [5.41, 5.74) is 0. The molecule has 0 spiro atoms. The Morgan fingerprint density at radius 1 is 1.42 bits per heavy atom. The van der Waals surface area contributed by atoms with Gasteiger partial charge < -0.3 is 20.1 Å². The summed E-state index contributed by atoms with van der Waals surface area (Å²) in [7, 11) is 0. The van der Waals surface area contributed by atoms with Gasteiger partial charge in [0, 0.05) is 12.3 Å². The molecule has 3 N–H and O–H groups in total. The molecular weight excluding hydrogens is 386 g/mol. The lowest BCUT2D eigenvalue weighted by Crippen LogP contribution is -2.36. The summed E-state index contributed by atoms with van der Waals surface area (Å²) in [5.74, 6) is -1.13. The lowest BCUT2D eigenvalue weighted by molar-refractivity contribution is -0.143. The van der Waals surface area contributed by atoms with E-state index in [1.807, 2.05) is 6.92 Å². The first-order valence-electron chi connectivity index (χ1n) is 6.11. The van der Waals surface area contributed by atoms with E-state index in [9.17, 15) is 15.0 Å². The molecule has 0 heterocycles. The number of aliphatic carboxylic acids is 1. The van der Waals surface area contributed by atoms with E-state index in [0.717, 1.165) is 0 Å². The van der Waals surface area contributed by atoms with Crippen LogP contribution in [0.2, 0.25) is 0 Å². The SMILES string of the molecule is CC(O)[C@H](C)[C@H](C)O[C@H](CC(=O)O)C[C@](O)(I)CCl. The van der Waals surface area contributed by atoms with Crippen LogP contribution in [0.25, 0.3) is 0 Å². The van der Waals surface area contributed by atoms with Gasteiger partial charge in [0.05, 0.1) is 30.6 Å². The van der Waals surface area contributed by atoms with Crippen molar-refractivity contribution in [2.75, 3.05) is 5.88 Å². The van der Waals surface area contributed by atoms with Crippen LogP contribution in [0, 0.1) is 5.92 Å². The van der Waals surface area contributed by atoms with E-state index in [4.69, 9.17) is 21.4 Å². The summed E-state index contributed by atoms with van der Waals surface area (Å²) >= 11 is 7.40. The van der Waals surface area contributed by atoms with Crippen molar-refractivity contribution >= 4 is 40.2 Å². The Balaban J connectivity index is 4.63. The molecule has 1 unspecified atom stereocenters. The van der Waals surface area contributed by atoms with Crippen LogP contribution in [0.3, 0.4) is 0 Å². The predicted molar refractivity (Wildman–Crippen MR) is 81.7 cm³/mol. The number of hydrogen-bond donors (Lipinski definition) is 3. The van der Waals surface area contributed by atoms with E-state index in [1.165, 1.54) is 0 Å². The van der Waals surface area contributed by atoms with E-state index in [-0.39, 0.29) is 30.7 Å². The fourth-order valence-electron chi connectivity index (χ4n) is 1.59. The van der Waals surface area contributed by atoms with E-state index in [1.54, 1.807) is 36.4 Å². The van der Waals surface area contributed by atoms with Gasteiger partial charge in [0.2, 0.25) is 0 Å². The van der Waals surface area contributed by atoms with Crippen molar-refractivity contribution in [1.29, 1.82) is 0 Å². The predicted octanol–water partition coefficient (Wildman–Crippen LogP) is 2.00. The molecule has 0 aliphatic rings. The van der Waals surface area contributed by atoms with Gasteiger partial charge in [0.15, 0.2) is 0 Å². The largest absolute Gasteiger partial charge is 0.481 e. The van der Waals surface area contributed by atoms with Crippen molar-refractivity contribution in [2.24, 2.45) is 5.92 Å². The van der Waals surface area contributed by atoms with Crippen LogP contribution < -0.4 is 0 Å². The molecule has 5 atom stereocenters. The van der Waals surface area contributed by atoms with Gasteiger partial charge in [0.1, 0.15) is 3.61 Å². The number of rotatable bonds is 9. The third-order valence-electron chi connectivity index (χ3n) is 3.06. The molecule has 0 fully saturated rings. The molecule has 0 aromatic heterocycles. The smallest absolute Gasteiger partial charge is 0.305 e. The summed E-state index contributed by atoms with van der Waals surface area (Å²) in [6.45, 7) is 5.26. The topological polar surface area (TPSA) is 87.0 Å². The van der Waals surface area contributed by atoms with Crippen LogP contribution in [0.15, 0.2) is 0 Å². The second-order valence-electron chi connectivity index (χ2n) is 4.92. The Morgan fingerprint density at radius 2 is 1.95 bits per heavy atom. The summed E-state index contributed by atoms with van der Waals surface area (Å²) in [5, 5.41) is 28.3. The standard InChI is InChI=1S/C12H22ClIO5/c1-7(8(2)15)9(3)19-10(4-11(16)17)5-12(14,18)6-13/h7-10,15,18H,4-6H2,1-3H3,(H,16,17)/t7-,8?,9-,10+,12+/m0/s1. The highest BCUT2D eigenvalue weighted by Gasteiger charge is 2.31. The zero-order valence-electron chi connectivity index (χ0n) is 11.3. The van der Waals surface area contributed by atoms with Crippen molar-refractivity contribution in [3.05, 3.63) is 0 Å². The molecule has 0 aliphatic heterocycles. The fraction of sp³-hybridized carbons (Fsp3) is 0.917. The number of aliphatic hydroxyl groups excluding tert-OH is 1. The van der Waals surface area contributed by atoms with Gasteiger partial charge in [0.25, 0.3) is 0 Å². The van der Waals surface area contributed by atoms with Crippen molar-refractivity contribution in [3.8, 4) is 0 Å². The summed E-state index contributed by atoms with van der Waals surface area (Å²) in [6, 6.07) is 0. The zero-order chi connectivity index (χ0) is 15.2. The molecule has 0 amide bonds. The average Bonchev–Trinajstić information content (AvgIpc) is 2.26. The Kier molecular flexibility index (Phi) is 8.78. The van der Waals surface area contributed by atoms with Gasteiger partial charge in [-0.15, -0.1) is 11.6 Å². The highest BCUT2D eigenvalue weighted by molar-refractivity contribution is 14.1. The monoisotopic (exact) mass is 408 g/mol. The molecule has 114 valence electrons. The number of hydrogen-bond acceptors (Lipinski definition) is 4. The second-order valence-corrected chi connectivity index (χ2v) is 7.19. The average molecular weight is 409 g/mol. The Hall–Kier alpha value is 0.370. The van der Waals surface area contributed by atoms with Crippen LogP contribution in [-0.4, -0.2) is 49.1 Å². The molecule has 0 aromatic rings. The Bertz CT molecular complexity index is 285. The number of halogens is 2. The highest BCUT2D eigenvalue weighted by atomic mass is 127. The molecule has 0 saturated heterocycles. The van der Waals surface area contributed by atoms with Crippen LogP contribution in [-0.2, 0) is 9.53 Å². The fourth-order valence-corrected chi connectivity index (χ4v) is 2.19. The Morgan fingerprint density at radius 3 is 2.32 bits per heavy atom. The lowest BCUT2D eigenvalue weighted by atomic mass is 10.00. The van der Waals surface area contributed by atoms with Crippen molar-refractivity contribution in [1.82, 2.24) is 0 Å². The van der Waals surface area contributed by atoms with Gasteiger partial charge in [-0.05, 0) is 36.4 Å². The number of carboxylic acids is 1. The van der Waals surface area contributed by atoms with Crippen molar-refractivity contribution < 1.29 is 24.9 Å². The first-order chi connectivity index (χ1) is 8.59. The summed E-state index contributed by atoms with van der Waals surface area (Å²) in [4.78, 5) is 10.8. The minimum absolute atomic E-state index is 0.00657. The molecule has 0 aromatic carbocycles. The van der Waals surface area contributed by atoms with Crippen LogP contribution in [0.5, 0.6) is 0 Å². The van der Waals surface area contributed by atoms with Gasteiger partial charge in [-0.25, -0.2) is 0 Å². The van der Waals surface area contributed by atoms with Crippen molar-refractivity contribution in [3.63, 3.8) is 0 Å². The Labute approximate surface area is 132 Å². The van der Waals surface area contributed by atoms with Crippen LogP contribution in [0.4, 0.5) is 0 Å². The quantitative estimate of drug-likeness (QED) is 0.401. The molecular formula is C12H22ClIO5. The molecule has 7 heteroatoms. The maximum atomic E-state index is 10.8. The summed E-state index contributed by atoms with van der Waals surface area (Å²) < 4.78 is 4.46. The number of aliphatic hydroxyl groups is 2. The van der Waals surface area contributed by atoms with Crippen molar-refractivity contribution in [2.45, 2.75) is 55.5 Å². The maximum Gasteiger partial charge on any atom is 0.305 e. The molecule has 0 rings (SSSR count). The van der Waals surface area contributed by atoms with E-state index < -0.39 is 21.8 Å². The third kappa shape index (κ3) is 8.29. The zero-order valence-corrected chi connectivity index (χ0v) is 14.3. The van der Waals surface area contributed by atoms with Crippen LogP contribution in [0.1, 0.15) is 33.6 Å². The molecule has 0 radical (unpaired) electrons. The van der Waals surface area contributed by atoms with Gasteiger partial charge in [-0.1, -0.05) is 6.92 Å². The number of carbonyl (C=O) groups is 1. The molecule has 0 aliphatic carbocycles. The van der Waals surface area contributed by atoms with Crippen LogP contribution >= 0.6 is 34.2 Å². The number of alkyl halides is 2. The first kappa shape index (κ1) is 19.4. The lowest BCUT2D eigenvalue weighted by Gasteiger charge is -2.30. The maximum absolute atomic E-state index is 10.8. The number of ether oxygens (including phenoxy) is 1. The van der Waals surface area contributed by atoms with E-state index >= 15 is 0 Å². The summed E-state index contributed by atoms with van der Waals surface area (Å²) in [6.07, 6.45) is -1.59.